The molecule has 4 heterocycles. The lowest BCUT2D eigenvalue weighted by molar-refractivity contribution is 0.571. The van der Waals surface area contributed by atoms with Crippen molar-refractivity contribution in [1.82, 2.24) is 9.55 Å². The second-order valence-corrected chi connectivity index (χ2v) is 9.79. The predicted molar refractivity (Wildman–Crippen MR) is 88.3 cm³/mol. The van der Waals surface area contributed by atoms with Crippen LogP contribution in [0.3, 0.4) is 0 Å². The van der Waals surface area contributed by atoms with E-state index in [4.69, 9.17) is 4.98 Å². The first-order chi connectivity index (χ1) is 9.55. The highest BCUT2D eigenvalue weighted by Crippen LogP contribution is 2.44. The molecule has 0 unspecified atom stereocenters. The number of rotatable bonds is 0. The quantitative estimate of drug-likeness (QED) is 0.695. The minimum absolute atomic E-state index is 0.192. The fourth-order valence-electron chi connectivity index (χ4n) is 2.90. The van der Waals surface area contributed by atoms with Gasteiger partial charge in [-0.25, -0.2) is 4.98 Å². The van der Waals surface area contributed by atoms with Gasteiger partial charge < -0.3 is 0 Å². The van der Waals surface area contributed by atoms with E-state index in [1.165, 1.54) is 10.4 Å². The van der Waals surface area contributed by atoms with Gasteiger partial charge in [0.25, 0.3) is 5.56 Å². The van der Waals surface area contributed by atoms with Crippen LogP contribution in [0.15, 0.2) is 9.95 Å². The monoisotopic (exact) mass is 324 g/mol. The van der Waals surface area contributed by atoms with Gasteiger partial charge in [0, 0.05) is 27.7 Å². The smallest absolute Gasteiger partial charge is 0.263 e. The second kappa shape index (κ2) is 4.52. The summed E-state index contributed by atoms with van der Waals surface area (Å²) in [5.74, 6) is 2.09. The lowest BCUT2D eigenvalue weighted by Crippen LogP contribution is -2.28. The molecular formula is C14H16N2OS3. The summed E-state index contributed by atoms with van der Waals surface area (Å²) in [6.45, 7) is 5.36. The summed E-state index contributed by atoms with van der Waals surface area (Å²) in [7, 11) is 0. The lowest BCUT2D eigenvalue weighted by Gasteiger charge is -2.28. The van der Waals surface area contributed by atoms with Crippen molar-refractivity contribution in [3.63, 3.8) is 0 Å². The number of fused-ring (bicyclic) bond motifs is 4. The molecule has 0 spiro atoms. The fourth-order valence-corrected chi connectivity index (χ4v) is 6.23. The minimum Gasteiger partial charge on any atom is -0.287 e. The van der Waals surface area contributed by atoms with Gasteiger partial charge >= 0.3 is 0 Å². The Kier molecular flexibility index (Phi) is 2.98. The first-order valence-corrected chi connectivity index (χ1v) is 9.66. The second-order valence-electron chi connectivity index (χ2n) is 5.96. The van der Waals surface area contributed by atoms with Crippen molar-refractivity contribution in [1.29, 1.82) is 0 Å². The molecule has 6 heteroatoms. The van der Waals surface area contributed by atoms with E-state index < -0.39 is 0 Å². The summed E-state index contributed by atoms with van der Waals surface area (Å²) in [5, 5.41) is 1.82. The maximum Gasteiger partial charge on any atom is 0.263 e. The molecule has 0 fully saturated rings. The van der Waals surface area contributed by atoms with Crippen LogP contribution in [-0.2, 0) is 18.7 Å². The fraction of sp³-hybridized carbons (Fsp3) is 0.571. The molecule has 4 rings (SSSR count). The Balaban J connectivity index is 2.01. The van der Waals surface area contributed by atoms with Crippen LogP contribution in [0, 0.1) is 0 Å². The van der Waals surface area contributed by atoms with Crippen molar-refractivity contribution < 1.29 is 0 Å². The van der Waals surface area contributed by atoms with E-state index in [1.807, 2.05) is 16.3 Å². The first-order valence-electron chi connectivity index (χ1n) is 6.87. The van der Waals surface area contributed by atoms with Crippen LogP contribution in [0.1, 0.15) is 30.7 Å². The van der Waals surface area contributed by atoms with Crippen LogP contribution in [0.4, 0.5) is 0 Å². The molecule has 0 radical (unpaired) electrons. The highest BCUT2D eigenvalue weighted by molar-refractivity contribution is 8.00. The van der Waals surface area contributed by atoms with Crippen LogP contribution >= 0.6 is 34.9 Å². The molecule has 0 saturated heterocycles. The van der Waals surface area contributed by atoms with Crippen molar-refractivity contribution >= 4 is 45.1 Å². The standard InChI is InChI=1S/C14H16N2OS3/c1-14(2)6-8-9(7-19-14)20-11-10(8)12(17)16-4-3-5-18-13(16)15-11/h3-7H2,1-2H3. The van der Waals surface area contributed by atoms with Gasteiger partial charge in [-0.1, -0.05) is 25.6 Å². The zero-order chi connectivity index (χ0) is 13.9. The Morgan fingerprint density at radius 1 is 1.35 bits per heavy atom. The average Bonchev–Trinajstić information content (AvgIpc) is 2.75. The Morgan fingerprint density at radius 2 is 2.20 bits per heavy atom. The minimum atomic E-state index is 0.192. The molecule has 2 aliphatic rings. The SMILES string of the molecule is CC1(C)Cc2c(sc3nc4n(c(=O)c23)CCCS4)CS1. The Labute approximate surface area is 130 Å². The van der Waals surface area contributed by atoms with Crippen molar-refractivity contribution in [2.45, 2.75) is 48.9 Å². The van der Waals surface area contributed by atoms with Gasteiger partial charge in [0.2, 0.25) is 0 Å². The average molecular weight is 324 g/mol. The van der Waals surface area contributed by atoms with Crippen molar-refractivity contribution in [3.05, 3.63) is 20.8 Å². The summed E-state index contributed by atoms with van der Waals surface area (Å²) >= 11 is 5.43. The van der Waals surface area contributed by atoms with Gasteiger partial charge in [0.05, 0.1) is 5.39 Å². The zero-order valence-corrected chi connectivity index (χ0v) is 14.0. The number of hydrogen-bond acceptors (Lipinski definition) is 5. The van der Waals surface area contributed by atoms with E-state index in [0.29, 0.717) is 0 Å². The predicted octanol–water partition coefficient (Wildman–Crippen LogP) is 3.52. The molecule has 0 saturated carbocycles. The molecule has 106 valence electrons. The van der Waals surface area contributed by atoms with Gasteiger partial charge in [-0.15, -0.1) is 23.1 Å². The molecular weight excluding hydrogens is 308 g/mol. The van der Waals surface area contributed by atoms with Gasteiger partial charge in [-0.3, -0.25) is 9.36 Å². The topological polar surface area (TPSA) is 34.9 Å². The third-order valence-corrected chi connectivity index (χ3v) is 7.64. The molecule has 2 aromatic heterocycles. The van der Waals surface area contributed by atoms with E-state index in [9.17, 15) is 4.79 Å². The molecule has 2 aliphatic heterocycles. The summed E-state index contributed by atoms with van der Waals surface area (Å²) in [6.07, 6.45) is 2.05. The number of nitrogens with zero attached hydrogens (tertiary/aromatic N) is 2. The lowest BCUT2D eigenvalue weighted by atomic mass is 10.00. The number of hydrogen-bond donors (Lipinski definition) is 0. The van der Waals surface area contributed by atoms with Crippen LogP contribution in [0.2, 0.25) is 0 Å². The summed E-state index contributed by atoms with van der Waals surface area (Å²) in [5.41, 5.74) is 1.47. The molecule has 3 nitrogen and oxygen atoms in total. The summed E-state index contributed by atoms with van der Waals surface area (Å²) in [6, 6.07) is 0. The maximum atomic E-state index is 12.8. The van der Waals surface area contributed by atoms with Crippen molar-refractivity contribution in [2.24, 2.45) is 0 Å². The van der Waals surface area contributed by atoms with Crippen LogP contribution in [0.25, 0.3) is 10.2 Å². The highest BCUT2D eigenvalue weighted by Gasteiger charge is 2.31. The molecule has 0 bridgehead atoms. The molecule has 0 atom stereocenters. The highest BCUT2D eigenvalue weighted by atomic mass is 32.2. The van der Waals surface area contributed by atoms with Gasteiger partial charge in [-0.05, 0) is 18.4 Å². The first kappa shape index (κ1) is 13.2. The number of thiophene rings is 1. The Morgan fingerprint density at radius 3 is 3.05 bits per heavy atom. The van der Waals surface area contributed by atoms with Crippen LogP contribution < -0.4 is 5.56 Å². The maximum absolute atomic E-state index is 12.8. The van der Waals surface area contributed by atoms with Crippen molar-refractivity contribution in [2.75, 3.05) is 5.75 Å². The van der Waals surface area contributed by atoms with E-state index >= 15 is 0 Å². The van der Waals surface area contributed by atoms with E-state index in [2.05, 4.69) is 13.8 Å². The largest absolute Gasteiger partial charge is 0.287 e. The van der Waals surface area contributed by atoms with Gasteiger partial charge in [0.15, 0.2) is 5.16 Å². The molecule has 2 aromatic rings. The summed E-state index contributed by atoms with van der Waals surface area (Å²) < 4.78 is 2.11. The van der Waals surface area contributed by atoms with Crippen LogP contribution in [0.5, 0.6) is 0 Å². The van der Waals surface area contributed by atoms with Gasteiger partial charge in [0.1, 0.15) is 4.83 Å². The molecule has 20 heavy (non-hydrogen) atoms. The molecule has 0 aromatic carbocycles. The Bertz CT molecular complexity index is 760. The Hall–Kier alpha value is -0.460. The van der Waals surface area contributed by atoms with Gasteiger partial charge in [-0.2, -0.15) is 0 Å². The van der Waals surface area contributed by atoms with Crippen LogP contribution in [-0.4, -0.2) is 20.1 Å². The normalized spacial score (nSPS) is 20.7. The number of aromatic nitrogens is 2. The van der Waals surface area contributed by atoms with Crippen molar-refractivity contribution in [3.8, 4) is 0 Å². The molecule has 0 amide bonds. The third-order valence-electron chi connectivity index (χ3n) is 3.91. The molecule has 0 N–H and O–H groups in total. The van der Waals surface area contributed by atoms with E-state index in [-0.39, 0.29) is 10.3 Å². The molecule has 0 aliphatic carbocycles. The summed E-state index contributed by atoms with van der Waals surface area (Å²) in [4.78, 5) is 19.9. The number of thioether (sulfide) groups is 2. The van der Waals surface area contributed by atoms with E-state index in [0.717, 1.165) is 46.3 Å². The zero-order valence-electron chi connectivity index (χ0n) is 11.6. The van der Waals surface area contributed by atoms with E-state index in [1.54, 1.807) is 23.1 Å². The third kappa shape index (κ3) is 1.96.